The fraction of sp³-hybridized carbons (Fsp3) is 0.562. The second-order valence-corrected chi connectivity index (χ2v) is 5.61. The zero-order valence-electron chi connectivity index (χ0n) is 11.7. The first-order valence-electron chi connectivity index (χ1n) is 7.56. The summed E-state index contributed by atoms with van der Waals surface area (Å²) in [5, 5.41) is 8.25. The Hall–Kier alpha value is -1.35. The summed E-state index contributed by atoms with van der Waals surface area (Å²) in [6.45, 7) is 3.32. The molecular weight excluding hydrogens is 234 g/mol. The van der Waals surface area contributed by atoms with Gasteiger partial charge in [-0.2, -0.15) is 5.10 Å². The number of hydrogen-bond donors (Lipinski definition) is 1. The zero-order valence-corrected chi connectivity index (χ0v) is 11.7. The highest BCUT2D eigenvalue weighted by molar-refractivity contribution is 5.55. The first kappa shape index (κ1) is 12.7. The van der Waals surface area contributed by atoms with Crippen LogP contribution in [0.15, 0.2) is 30.6 Å². The maximum atomic E-state index is 4.50. The van der Waals surface area contributed by atoms with Crippen LogP contribution in [0.25, 0.3) is 5.52 Å². The molecule has 1 aliphatic carbocycles. The predicted molar refractivity (Wildman–Crippen MR) is 78.2 cm³/mol. The molecule has 1 N–H and O–H groups in total. The molecule has 2 aromatic rings. The summed E-state index contributed by atoms with van der Waals surface area (Å²) in [7, 11) is 0. The van der Waals surface area contributed by atoms with Crippen LogP contribution < -0.4 is 5.32 Å². The van der Waals surface area contributed by atoms with Crippen molar-refractivity contribution in [3.8, 4) is 0 Å². The van der Waals surface area contributed by atoms with Gasteiger partial charge in [0.2, 0.25) is 0 Å². The monoisotopic (exact) mass is 257 g/mol. The standard InChI is InChI=1S/C16H23N3/c1-2-10-17-16(13-7-3-4-8-13)14-12-18-19-11-6-5-9-15(14)19/h5-6,9,11-13,16-17H,2-4,7-8,10H2,1H3. The molecule has 1 saturated carbocycles. The van der Waals surface area contributed by atoms with Crippen molar-refractivity contribution in [2.75, 3.05) is 6.54 Å². The van der Waals surface area contributed by atoms with Crippen LogP contribution in [0, 0.1) is 5.92 Å². The summed E-state index contributed by atoms with van der Waals surface area (Å²) in [5.41, 5.74) is 2.63. The molecule has 3 heteroatoms. The largest absolute Gasteiger partial charge is 0.310 e. The second-order valence-electron chi connectivity index (χ2n) is 5.61. The summed E-state index contributed by atoms with van der Waals surface area (Å²) in [5.74, 6) is 0.778. The summed E-state index contributed by atoms with van der Waals surface area (Å²) < 4.78 is 1.99. The molecule has 0 spiro atoms. The van der Waals surface area contributed by atoms with Gasteiger partial charge in [-0.3, -0.25) is 0 Å². The number of pyridine rings is 1. The minimum Gasteiger partial charge on any atom is -0.310 e. The molecule has 0 saturated heterocycles. The third-order valence-electron chi connectivity index (χ3n) is 4.28. The summed E-state index contributed by atoms with van der Waals surface area (Å²) in [6.07, 6.45) is 10.7. The quantitative estimate of drug-likeness (QED) is 0.887. The highest BCUT2D eigenvalue weighted by atomic mass is 15.2. The summed E-state index contributed by atoms with van der Waals surface area (Å²) >= 11 is 0. The minimum absolute atomic E-state index is 0.474. The van der Waals surface area contributed by atoms with Crippen molar-refractivity contribution in [1.82, 2.24) is 14.9 Å². The van der Waals surface area contributed by atoms with Gasteiger partial charge in [-0.05, 0) is 43.9 Å². The Labute approximate surface area is 115 Å². The molecule has 0 amide bonds. The maximum Gasteiger partial charge on any atom is 0.0709 e. The van der Waals surface area contributed by atoms with Gasteiger partial charge in [-0.25, -0.2) is 4.52 Å². The van der Waals surface area contributed by atoms with Crippen molar-refractivity contribution < 1.29 is 0 Å². The second kappa shape index (κ2) is 5.74. The lowest BCUT2D eigenvalue weighted by Crippen LogP contribution is -2.27. The minimum atomic E-state index is 0.474. The first-order valence-corrected chi connectivity index (χ1v) is 7.56. The molecular formula is C16H23N3. The molecule has 2 heterocycles. The Morgan fingerprint density at radius 1 is 1.37 bits per heavy atom. The first-order chi connectivity index (χ1) is 9.40. The van der Waals surface area contributed by atoms with Crippen LogP contribution in [0.1, 0.15) is 50.6 Å². The van der Waals surface area contributed by atoms with E-state index in [2.05, 4.69) is 35.7 Å². The van der Waals surface area contributed by atoms with E-state index in [0.717, 1.165) is 12.5 Å². The van der Waals surface area contributed by atoms with Crippen LogP contribution >= 0.6 is 0 Å². The van der Waals surface area contributed by atoms with E-state index in [1.807, 2.05) is 16.8 Å². The van der Waals surface area contributed by atoms with Crippen molar-refractivity contribution in [3.63, 3.8) is 0 Å². The summed E-state index contributed by atoms with van der Waals surface area (Å²) in [6, 6.07) is 6.79. The van der Waals surface area contributed by atoms with E-state index in [-0.39, 0.29) is 0 Å². The average Bonchev–Trinajstić information content (AvgIpc) is 3.09. The molecule has 3 nitrogen and oxygen atoms in total. The topological polar surface area (TPSA) is 29.3 Å². The van der Waals surface area contributed by atoms with Crippen LogP contribution in [-0.4, -0.2) is 16.2 Å². The molecule has 0 aliphatic heterocycles. The van der Waals surface area contributed by atoms with Crippen molar-refractivity contribution in [1.29, 1.82) is 0 Å². The van der Waals surface area contributed by atoms with Crippen molar-refractivity contribution in [3.05, 3.63) is 36.2 Å². The SMILES string of the molecule is CCCNC(c1cnn2ccccc12)C1CCCC1. The lowest BCUT2D eigenvalue weighted by atomic mass is 9.92. The molecule has 3 rings (SSSR count). The van der Waals surface area contributed by atoms with E-state index in [1.165, 1.54) is 43.2 Å². The van der Waals surface area contributed by atoms with Gasteiger partial charge >= 0.3 is 0 Å². The fourth-order valence-corrected chi connectivity index (χ4v) is 3.32. The van der Waals surface area contributed by atoms with Crippen molar-refractivity contribution in [2.24, 2.45) is 5.92 Å². The van der Waals surface area contributed by atoms with Gasteiger partial charge in [0.15, 0.2) is 0 Å². The molecule has 0 radical (unpaired) electrons. The van der Waals surface area contributed by atoms with E-state index < -0.39 is 0 Å². The highest BCUT2D eigenvalue weighted by Crippen LogP contribution is 2.37. The van der Waals surface area contributed by atoms with Crippen LogP contribution in [0.4, 0.5) is 0 Å². The summed E-state index contributed by atoms with van der Waals surface area (Å²) in [4.78, 5) is 0. The molecule has 1 aliphatic rings. The lowest BCUT2D eigenvalue weighted by molar-refractivity contribution is 0.370. The van der Waals surface area contributed by atoms with Gasteiger partial charge in [-0.1, -0.05) is 25.8 Å². The Kier molecular flexibility index (Phi) is 3.83. The van der Waals surface area contributed by atoms with Gasteiger partial charge in [0.25, 0.3) is 0 Å². The molecule has 1 atom stereocenters. The van der Waals surface area contributed by atoms with Crippen molar-refractivity contribution >= 4 is 5.52 Å². The third kappa shape index (κ3) is 2.52. The number of nitrogens with one attached hydrogen (secondary N) is 1. The van der Waals surface area contributed by atoms with Gasteiger partial charge < -0.3 is 5.32 Å². The Balaban J connectivity index is 1.93. The van der Waals surface area contributed by atoms with Crippen LogP contribution in [0.5, 0.6) is 0 Å². The molecule has 2 aromatic heterocycles. The highest BCUT2D eigenvalue weighted by Gasteiger charge is 2.27. The van der Waals surface area contributed by atoms with E-state index in [9.17, 15) is 0 Å². The van der Waals surface area contributed by atoms with Gasteiger partial charge in [-0.15, -0.1) is 0 Å². The molecule has 1 unspecified atom stereocenters. The Morgan fingerprint density at radius 3 is 3.00 bits per heavy atom. The molecule has 19 heavy (non-hydrogen) atoms. The van der Waals surface area contributed by atoms with Crippen molar-refractivity contribution in [2.45, 2.75) is 45.1 Å². The number of aromatic nitrogens is 2. The molecule has 0 aromatic carbocycles. The van der Waals surface area contributed by atoms with E-state index in [1.54, 1.807) is 0 Å². The van der Waals surface area contributed by atoms with Crippen LogP contribution in [-0.2, 0) is 0 Å². The van der Waals surface area contributed by atoms with Crippen LogP contribution in [0.2, 0.25) is 0 Å². The van der Waals surface area contributed by atoms with E-state index in [4.69, 9.17) is 0 Å². The molecule has 102 valence electrons. The van der Waals surface area contributed by atoms with Gasteiger partial charge in [0, 0.05) is 17.8 Å². The Morgan fingerprint density at radius 2 is 2.21 bits per heavy atom. The predicted octanol–water partition coefficient (Wildman–Crippen LogP) is 3.57. The third-order valence-corrected chi connectivity index (χ3v) is 4.28. The number of fused-ring (bicyclic) bond motifs is 1. The number of hydrogen-bond acceptors (Lipinski definition) is 2. The average molecular weight is 257 g/mol. The fourth-order valence-electron chi connectivity index (χ4n) is 3.32. The normalized spacial score (nSPS) is 18.2. The number of rotatable bonds is 5. The van der Waals surface area contributed by atoms with Gasteiger partial charge in [0.05, 0.1) is 11.7 Å². The molecule has 1 fully saturated rings. The Bertz CT molecular complexity index is 526. The van der Waals surface area contributed by atoms with E-state index >= 15 is 0 Å². The maximum absolute atomic E-state index is 4.50. The smallest absolute Gasteiger partial charge is 0.0709 e. The van der Waals surface area contributed by atoms with Crippen LogP contribution in [0.3, 0.4) is 0 Å². The number of nitrogens with zero attached hydrogens (tertiary/aromatic N) is 2. The van der Waals surface area contributed by atoms with E-state index in [0.29, 0.717) is 6.04 Å². The molecule has 0 bridgehead atoms. The lowest BCUT2D eigenvalue weighted by Gasteiger charge is -2.24. The van der Waals surface area contributed by atoms with Gasteiger partial charge in [0.1, 0.15) is 0 Å². The zero-order chi connectivity index (χ0) is 13.1.